The van der Waals surface area contributed by atoms with E-state index < -0.39 is 0 Å². The van der Waals surface area contributed by atoms with E-state index in [9.17, 15) is 0 Å². The standard InChI is InChI=1S/C17H31N5S/c1-13(12-22-9-5-6-10-22)11-20-17(18-4)19-8-7-16-21-14(2)15(3)23-16/h13H,5-12H2,1-4H3,(H2,18,19,20). The zero-order chi connectivity index (χ0) is 16.7. The summed E-state index contributed by atoms with van der Waals surface area (Å²) in [7, 11) is 1.83. The van der Waals surface area contributed by atoms with Crippen molar-refractivity contribution in [3.05, 3.63) is 15.6 Å². The van der Waals surface area contributed by atoms with Crippen molar-refractivity contribution >= 4 is 17.3 Å². The van der Waals surface area contributed by atoms with Crippen LogP contribution in [0.1, 0.15) is 35.3 Å². The first kappa shape index (κ1) is 18.2. The van der Waals surface area contributed by atoms with Crippen LogP contribution in [0, 0.1) is 19.8 Å². The van der Waals surface area contributed by atoms with Crippen LogP contribution in [0.4, 0.5) is 0 Å². The van der Waals surface area contributed by atoms with E-state index >= 15 is 0 Å². The Morgan fingerprint density at radius 1 is 1.30 bits per heavy atom. The Morgan fingerprint density at radius 3 is 2.65 bits per heavy atom. The Kier molecular flexibility index (Phi) is 7.30. The van der Waals surface area contributed by atoms with Crippen LogP contribution in [0.15, 0.2) is 4.99 Å². The molecule has 0 bridgehead atoms. The van der Waals surface area contributed by atoms with Crippen molar-refractivity contribution in [2.75, 3.05) is 39.8 Å². The highest BCUT2D eigenvalue weighted by atomic mass is 32.1. The van der Waals surface area contributed by atoms with Crippen molar-refractivity contribution in [3.63, 3.8) is 0 Å². The number of guanidine groups is 1. The molecule has 1 aromatic rings. The summed E-state index contributed by atoms with van der Waals surface area (Å²) in [5, 5.41) is 8.03. The minimum Gasteiger partial charge on any atom is -0.356 e. The van der Waals surface area contributed by atoms with Crippen LogP contribution in [-0.4, -0.2) is 55.6 Å². The molecule has 1 unspecified atom stereocenters. The zero-order valence-electron chi connectivity index (χ0n) is 15.0. The summed E-state index contributed by atoms with van der Waals surface area (Å²) in [4.78, 5) is 12.8. The van der Waals surface area contributed by atoms with Crippen LogP contribution < -0.4 is 10.6 Å². The fourth-order valence-electron chi connectivity index (χ4n) is 2.90. The van der Waals surface area contributed by atoms with Crippen LogP contribution in [0.2, 0.25) is 0 Å². The first-order valence-electron chi connectivity index (χ1n) is 8.68. The summed E-state index contributed by atoms with van der Waals surface area (Å²) in [5.41, 5.74) is 1.16. The quantitative estimate of drug-likeness (QED) is 0.592. The summed E-state index contributed by atoms with van der Waals surface area (Å²) < 4.78 is 0. The third kappa shape index (κ3) is 6.11. The van der Waals surface area contributed by atoms with E-state index in [1.807, 2.05) is 7.05 Å². The van der Waals surface area contributed by atoms with Crippen LogP contribution in [-0.2, 0) is 6.42 Å². The average Bonchev–Trinajstić information content (AvgIpc) is 3.13. The Labute approximate surface area is 144 Å². The van der Waals surface area contributed by atoms with Gasteiger partial charge in [-0.2, -0.15) is 0 Å². The fourth-order valence-corrected chi connectivity index (χ4v) is 3.83. The highest BCUT2D eigenvalue weighted by Gasteiger charge is 2.14. The highest BCUT2D eigenvalue weighted by Crippen LogP contribution is 2.16. The molecule has 0 radical (unpaired) electrons. The maximum atomic E-state index is 4.58. The SMILES string of the molecule is CN=C(NCCc1nc(C)c(C)s1)NCC(C)CN1CCCC1. The normalized spacial score (nSPS) is 17.5. The van der Waals surface area contributed by atoms with Crippen LogP contribution in [0.5, 0.6) is 0 Å². The van der Waals surface area contributed by atoms with Gasteiger partial charge in [0, 0.05) is 38.0 Å². The number of thiazole rings is 1. The van der Waals surface area contributed by atoms with Crippen molar-refractivity contribution in [2.45, 2.75) is 40.0 Å². The van der Waals surface area contributed by atoms with Gasteiger partial charge in [0.2, 0.25) is 0 Å². The van der Waals surface area contributed by atoms with Crippen molar-refractivity contribution in [1.29, 1.82) is 0 Å². The molecule has 2 heterocycles. The molecule has 0 saturated carbocycles. The molecule has 23 heavy (non-hydrogen) atoms. The zero-order valence-corrected chi connectivity index (χ0v) is 15.8. The van der Waals surface area contributed by atoms with Crippen LogP contribution in [0.3, 0.4) is 0 Å². The molecule has 1 atom stereocenters. The van der Waals surface area contributed by atoms with Gasteiger partial charge in [0.25, 0.3) is 0 Å². The number of rotatable bonds is 7. The molecule has 1 aliphatic rings. The topological polar surface area (TPSA) is 52.6 Å². The lowest BCUT2D eigenvalue weighted by atomic mass is 10.1. The van der Waals surface area contributed by atoms with Gasteiger partial charge >= 0.3 is 0 Å². The van der Waals surface area contributed by atoms with E-state index in [1.54, 1.807) is 11.3 Å². The average molecular weight is 338 g/mol. The first-order chi connectivity index (χ1) is 11.1. The predicted octanol–water partition coefficient (Wildman–Crippen LogP) is 2.20. The molecule has 130 valence electrons. The molecule has 2 rings (SSSR count). The molecular weight excluding hydrogens is 306 g/mol. The molecule has 2 N–H and O–H groups in total. The number of aliphatic imine (C=N–C) groups is 1. The summed E-state index contributed by atoms with van der Waals surface area (Å²) in [6.45, 7) is 12.1. The number of hydrogen-bond donors (Lipinski definition) is 2. The van der Waals surface area contributed by atoms with Gasteiger partial charge < -0.3 is 15.5 Å². The van der Waals surface area contributed by atoms with Gasteiger partial charge in [-0.15, -0.1) is 11.3 Å². The van der Waals surface area contributed by atoms with Gasteiger partial charge in [-0.3, -0.25) is 4.99 Å². The summed E-state index contributed by atoms with van der Waals surface area (Å²) >= 11 is 1.79. The lowest BCUT2D eigenvalue weighted by molar-refractivity contribution is 0.287. The molecule has 0 aliphatic carbocycles. The lowest BCUT2D eigenvalue weighted by Crippen LogP contribution is -2.42. The molecule has 1 fully saturated rings. The molecular formula is C17H31N5S. The molecule has 0 amide bonds. The molecule has 0 aromatic carbocycles. The lowest BCUT2D eigenvalue weighted by Gasteiger charge is -2.21. The second kappa shape index (κ2) is 9.23. The van der Waals surface area contributed by atoms with Crippen LogP contribution >= 0.6 is 11.3 Å². The molecule has 6 heteroatoms. The van der Waals surface area contributed by atoms with Crippen molar-refractivity contribution in [3.8, 4) is 0 Å². The van der Waals surface area contributed by atoms with E-state index in [-0.39, 0.29) is 0 Å². The van der Waals surface area contributed by atoms with E-state index in [0.29, 0.717) is 5.92 Å². The largest absolute Gasteiger partial charge is 0.356 e. The molecule has 0 spiro atoms. The van der Waals surface area contributed by atoms with Gasteiger partial charge in [0.1, 0.15) is 0 Å². The van der Waals surface area contributed by atoms with Crippen molar-refractivity contribution in [2.24, 2.45) is 10.9 Å². The Balaban J connectivity index is 1.64. The van der Waals surface area contributed by atoms with Gasteiger partial charge in [0.15, 0.2) is 5.96 Å². The van der Waals surface area contributed by atoms with Crippen molar-refractivity contribution in [1.82, 2.24) is 20.5 Å². The third-order valence-electron chi connectivity index (χ3n) is 4.31. The second-order valence-corrected chi connectivity index (χ2v) is 7.78. The summed E-state index contributed by atoms with van der Waals surface area (Å²) in [5.74, 6) is 1.53. The Bertz CT molecular complexity index is 486. The number of nitrogens with zero attached hydrogens (tertiary/aromatic N) is 3. The number of aryl methyl sites for hydroxylation is 2. The minimum atomic E-state index is 0.635. The van der Waals surface area contributed by atoms with E-state index in [0.717, 1.165) is 31.2 Å². The molecule has 1 saturated heterocycles. The monoisotopic (exact) mass is 337 g/mol. The Morgan fingerprint density at radius 2 is 2.04 bits per heavy atom. The van der Waals surface area contributed by atoms with Gasteiger partial charge in [-0.25, -0.2) is 4.98 Å². The number of hydrogen-bond acceptors (Lipinski definition) is 4. The molecule has 1 aromatic heterocycles. The van der Waals surface area contributed by atoms with E-state index in [1.165, 1.54) is 42.4 Å². The number of likely N-dealkylation sites (tertiary alicyclic amines) is 1. The van der Waals surface area contributed by atoms with Crippen molar-refractivity contribution < 1.29 is 0 Å². The highest BCUT2D eigenvalue weighted by molar-refractivity contribution is 7.11. The number of aromatic nitrogens is 1. The number of nitrogens with one attached hydrogen (secondary N) is 2. The first-order valence-corrected chi connectivity index (χ1v) is 9.50. The summed E-state index contributed by atoms with van der Waals surface area (Å²) in [6.07, 6.45) is 3.67. The maximum Gasteiger partial charge on any atom is 0.190 e. The molecule has 1 aliphatic heterocycles. The van der Waals surface area contributed by atoms with Gasteiger partial charge in [0.05, 0.1) is 10.7 Å². The van der Waals surface area contributed by atoms with Crippen LogP contribution in [0.25, 0.3) is 0 Å². The fraction of sp³-hybridized carbons (Fsp3) is 0.765. The predicted molar refractivity (Wildman–Crippen MR) is 99.5 cm³/mol. The van der Waals surface area contributed by atoms with Gasteiger partial charge in [-0.1, -0.05) is 6.92 Å². The summed E-state index contributed by atoms with van der Waals surface area (Å²) in [6, 6.07) is 0. The van der Waals surface area contributed by atoms with Gasteiger partial charge in [-0.05, 0) is 45.7 Å². The van der Waals surface area contributed by atoms with E-state index in [2.05, 4.69) is 46.3 Å². The second-order valence-electron chi connectivity index (χ2n) is 6.49. The maximum absolute atomic E-state index is 4.58. The van der Waals surface area contributed by atoms with E-state index in [4.69, 9.17) is 0 Å². The Hall–Kier alpha value is -1.14. The smallest absolute Gasteiger partial charge is 0.190 e. The minimum absolute atomic E-state index is 0.635. The third-order valence-corrected chi connectivity index (χ3v) is 5.45. The molecule has 5 nitrogen and oxygen atoms in total.